The molecule has 6 aromatic carbocycles. The molecule has 6 heteroatoms. The number of fused-ring (bicyclic) bond motifs is 9. The first-order chi connectivity index (χ1) is 25.2. The van der Waals surface area contributed by atoms with E-state index in [-0.39, 0.29) is 18.2 Å². The normalized spacial score (nSPS) is 21.1. The second-order valence-electron chi connectivity index (χ2n) is 13.5. The van der Waals surface area contributed by atoms with Crippen LogP contribution in [0.15, 0.2) is 176 Å². The van der Waals surface area contributed by atoms with E-state index in [2.05, 4.69) is 144 Å². The van der Waals surface area contributed by atoms with Crippen LogP contribution in [-0.2, 0) is 0 Å². The Morgan fingerprint density at radius 2 is 1.41 bits per heavy atom. The fraction of sp³-hybridized carbons (Fsp3) is 0.0889. The van der Waals surface area contributed by atoms with Crippen LogP contribution >= 0.6 is 11.8 Å². The maximum Gasteiger partial charge on any atom is 0.143 e. The Bertz CT molecular complexity index is 2770. The fourth-order valence-electron chi connectivity index (χ4n) is 8.16. The summed E-state index contributed by atoms with van der Waals surface area (Å²) >= 11 is 1.95. The van der Waals surface area contributed by atoms with Gasteiger partial charge < -0.3 is 14.2 Å². The summed E-state index contributed by atoms with van der Waals surface area (Å²) in [6.07, 6.45) is 6.41. The van der Waals surface area contributed by atoms with E-state index in [4.69, 9.17) is 13.8 Å². The molecule has 244 valence electrons. The smallest absolute Gasteiger partial charge is 0.143 e. The highest BCUT2D eigenvalue weighted by Gasteiger charge is 2.40. The van der Waals surface area contributed by atoms with Gasteiger partial charge in [0.15, 0.2) is 0 Å². The zero-order valence-corrected chi connectivity index (χ0v) is 28.2. The third-order valence-electron chi connectivity index (χ3n) is 10.6. The second kappa shape index (κ2) is 11.4. The van der Waals surface area contributed by atoms with E-state index in [0.717, 1.165) is 72.0 Å². The molecule has 4 atom stereocenters. The molecule has 0 saturated heterocycles. The van der Waals surface area contributed by atoms with Crippen molar-refractivity contribution in [2.75, 3.05) is 0 Å². The molecule has 2 aromatic heterocycles. The highest BCUT2D eigenvalue weighted by atomic mass is 32.2. The van der Waals surface area contributed by atoms with Crippen LogP contribution in [0.1, 0.15) is 28.8 Å². The van der Waals surface area contributed by atoms with E-state index in [9.17, 15) is 0 Å². The van der Waals surface area contributed by atoms with Crippen molar-refractivity contribution in [2.45, 2.75) is 28.4 Å². The molecular formula is C45H31N3O2S. The van der Waals surface area contributed by atoms with E-state index in [1.165, 1.54) is 16.0 Å². The number of para-hydroxylation sites is 2. The highest BCUT2D eigenvalue weighted by Crippen LogP contribution is 2.51. The van der Waals surface area contributed by atoms with E-state index in [1.54, 1.807) is 0 Å². The molecule has 4 unspecified atom stereocenters. The SMILES string of the molecule is C1=CC2Sc3ccccc3C2C(C2N=C(c3ccccc3)NC(c3ccc4c(c3)oc3cc(-c5cccc6c5oc5ccccc56)ccc34)N2)=C1. The summed E-state index contributed by atoms with van der Waals surface area (Å²) in [5.74, 6) is 1.15. The topological polar surface area (TPSA) is 62.7 Å². The Balaban J connectivity index is 0.976. The van der Waals surface area contributed by atoms with Crippen LogP contribution in [0, 0.1) is 0 Å². The Labute approximate surface area is 298 Å². The van der Waals surface area contributed by atoms with Crippen molar-refractivity contribution >= 4 is 61.5 Å². The standard InChI is InChI=1S/C45H31N3O2S/c1-2-10-26(11-3-1)43-46-44(48-45(47-43)35-16-9-19-40-41(35)34-13-5-7-18-39(34)51-40)28-21-23-32-31-22-20-27(24-37(31)49-38(32)25-28)29-14-8-15-33-30-12-4-6-17-36(30)50-42(29)33/h1-25,40-41,44-45,48H,(H,46,47). The third-order valence-corrected chi connectivity index (χ3v) is 11.9. The number of amidine groups is 1. The Kier molecular flexibility index (Phi) is 6.45. The molecule has 4 heterocycles. The molecule has 0 radical (unpaired) electrons. The molecule has 0 bridgehead atoms. The molecule has 2 N–H and O–H groups in total. The third kappa shape index (κ3) is 4.64. The highest BCUT2D eigenvalue weighted by molar-refractivity contribution is 8.00. The van der Waals surface area contributed by atoms with Gasteiger partial charge in [-0.25, -0.2) is 4.99 Å². The summed E-state index contributed by atoms with van der Waals surface area (Å²) in [6.45, 7) is 0. The summed E-state index contributed by atoms with van der Waals surface area (Å²) in [7, 11) is 0. The molecule has 0 spiro atoms. The lowest BCUT2D eigenvalue weighted by atomic mass is 9.83. The molecule has 11 rings (SSSR count). The Morgan fingerprint density at radius 3 is 2.35 bits per heavy atom. The molecule has 0 amide bonds. The number of hydrogen-bond donors (Lipinski definition) is 2. The zero-order valence-electron chi connectivity index (χ0n) is 27.4. The molecule has 2 aliphatic heterocycles. The zero-order chi connectivity index (χ0) is 33.5. The van der Waals surface area contributed by atoms with Crippen LogP contribution in [0.2, 0.25) is 0 Å². The second-order valence-corrected chi connectivity index (χ2v) is 14.7. The molecule has 3 aliphatic rings. The number of nitrogens with zero attached hydrogens (tertiary/aromatic N) is 1. The van der Waals surface area contributed by atoms with Crippen LogP contribution in [0.25, 0.3) is 55.0 Å². The predicted octanol–water partition coefficient (Wildman–Crippen LogP) is 10.9. The number of benzene rings is 6. The number of rotatable bonds is 4. The van der Waals surface area contributed by atoms with Gasteiger partial charge in [-0.15, -0.1) is 11.8 Å². The number of nitrogens with one attached hydrogen (secondary N) is 2. The van der Waals surface area contributed by atoms with Crippen molar-refractivity contribution < 1.29 is 8.83 Å². The van der Waals surface area contributed by atoms with Gasteiger partial charge in [-0.1, -0.05) is 121 Å². The van der Waals surface area contributed by atoms with Gasteiger partial charge in [0, 0.05) is 48.7 Å². The van der Waals surface area contributed by atoms with Crippen molar-refractivity contribution in [2.24, 2.45) is 4.99 Å². The minimum atomic E-state index is -0.203. The van der Waals surface area contributed by atoms with Gasteiger partial charge in [-0.3, -0.25) is 5.32 Å². The summed E-state index contributed by atoms with van der Waals surface area (Å²) in [5.41, 5.74) is 10.4. The van der Waals surface area contributed by atoms with Crippen LogP contribution in [-0.4, -0.2) is 17.3 Å². The van der Waals surface area contributed by atoms with Crippen LogP contribution in [0.5, 0.6) is 0 Å². The van der Waals surface area contributed by atoms with Crippen LogP contribution in [0.4, 0.5) is 0 Å². The number of allylic oxidation sites excluding steroid dienone is 2. The van der Waals surface area contributed by atoms with Crippen molar-refractivity contribution in [3.63, 3.8) is 0 Å². The summed E-state index contributed by atoms with van der Waals surface area (Å²) in [6, 6.07) is 46.8. The lowest BCUT2D eigenvalue weighted by Gasteiger charge is -2.36. The summed E-state index contributed by atoms with van der Waals surface area (Å²) in [4.78, 5) is 6.66. The van der Waals surface area contributed by atoms with E-state index in [1.807, 2.05) is 30.0 Å². The van der Waals surface area contributed by atoms with E-state index >= 15 is 0 Å². The molecular weight excluding hydrogens is 647 g/mol. The largest absolute Gasteiger partial charge is 0.456 e. The molecule has 8 aromatic rings. The van der Waals surface area contributed by atoms with Crippen LogP contribution < -0.4 is 10.6 Å². The van der Waals surface area contributed by atoms with Gasteiger partial charge in [0.25, 0.3) is 0 Å². The van der Waals surface area contributed by atoms with Gasteiger partial charge in [-0.05, 0) is 52.6 Å². The number of aliphatic imine (C=N–C) groups is 1. The van der Waals surface area contributed by atoms with Gasteiger partial charge in [0.1, 0.15) is 40.5 Å². The van der Waals surface area contributed by atoms with E-state index < -0.39 is 0 Å². The number of thioether (sulfide) groups is 1. The summed E-state index contributed by atoms with van der Waals surface area (Å²) < 4.78 is 13.0. The molecule has 1 aliphatic carbocycles. The fourth-order valence-corrected chi connectivity index (χ4v) is 9.55. The first-order valence-electron chi connectivity index (χ1n) is 17.4. The van der Waals surface area contributed by atoms with Gasteiger partial charge in [0.05, 0.1) is 0 Å². The van der Waals surface area contributed by atoms with Crippen molar-refractivity contribution in [1.82, 2.24) is 10.6 Å². The molecule has 51 heavy (non-hydrogen) atoms. The van der Waals surface area contributed by atoms with Gasteiger partial charge in [-0.2, -0.15) is 0 Å². The molecule has 0 saturated carbocycles. The lowest BCUT2D eigenvalue weighted by molar-refractivity contribution is 0.419. The quantitative estimate of drug-likeness (QED) is 0.194. The minimum Gasteiger partial charge on any atom is -0.456 e. The molecule has 5 nitrogen and oxygen atoms in total. The maximum atomic E-state index is 6.63. The maximum absolute atomic E-state index is 6.63. The monoisotopic (exact) mass is 677 g/mol. The van der Waals surface area contributed by atoms with Gasteiger partial charge >= 0.3 is 0 Å². The first-order valence-corrected chi connectivity index (χ1v) is 18.3. The summed E-state index contributed by atoms with van der Waals surface area (Å²) in [5, 5.41) is 12.4. The first kappa shape index (κ1) is 29.0. The average Bonchev–Trinajstić information content (AvgIpc) is 3.88. The lowest BCUT2D eigenvalue weighted by Crippen LogP contribution is -2.50. The number of furan rings is 2. The van der Waals surface area contributed by atoms with E-state index in [0.29, 0.717) is 5.25 Å². The predicted molar refractivity (Wildman–Crippen MR) is 208 cm³/mol. The Hall–Kier alpha value is -5.82. The minimum absolute atomic E-state index is 0.184. The Morgan fingerprint density at radius 1 is 0.627 bits per heavy atom. The molecule has 0 fully saturated rings. The van der Waals surface area contributed by atoms with Gasteiger partial charge in [0.2, 0.25) is 0 Å². The van der Waals surface area contributed by atoms with Crippen molar-refractivity contribution in [3.05, 3.63) is 174 Å². The average molecular weight is 678 g/mol. The van der Waals surface area contributed by atoms with Crippen molar-refractivity contribution in [3.8, 4) is 11.1 Å². The van der Waals surface area contributed by atoms with Crippen molar-refractivity contribution in [1.29, 1.82) is 0 Å². The number of hydrogen-bond acceptors (Lipinski definition) is 6. The van der Waals surface area contributed by atoms with Crippen LogP contribution in [0.3, 0.4) is 0 Å².